The predicted octanol–water partition coefficient (Wildman–Crippen LogP) is 3.52. The van der Waals surface area contributed by atoms with Crippen molar-refractivity contribution in [2.45, 2.75) is 10.6 Å². The van der Waals surface area contributed by atoms with Crippen LogP contribution in [-0.2, 0) is 15.6 Å². The van der Waals surface area contributed by atoms with Crippen molar-refractivity contribution in [2.24, 2.45) is 0 Å². The van der Waals surface area contributed by atoms with Crippen LogP contribution in [0.2, 0.25) is 0 Å². The Balaban J connectivity index is 1.83. The molecular weight excluding hydrogens is 382 g/mol. The van der Waals surface area contributed by atoms with E-state index in [1.54, 1.807) is 36.4 Å². The predicted molar refractivity (Wildman–Crippen MR) is 104 cm³/mol. The Labute approximate surface area is 162 Å². The fourth-order valence-electron chi connectivity index (χ4n) is 2.65. The van der Waals surface area contributed by atoms with Crippen LogP contribution in [0.3, 0.4) is 0 Å². The summed E-state index contributed by atoms with van der Waals surface area (Å²) >= 11 is 0. The van der Waals surface area contributed by atoms with Crippen molar-refractivity contribution in [3.8, 4) is 11.5 Å². The van der Waals surface area contributed by atoms with Crippen LogP contribution < -0.4 is 14.8 Å². The zero-order chi connectivity index (χ0) is 20.1. The van der Waals surface area contributed by atoms with Crippen LogP contribution in [0.15, 0.2) is 70.2 Å². The fourth-order valence-corrected chi connectivity index (χ4v) is 4.02. The van der Waals surface area contributed by atoms with Gasteiger partial charge in [0.15, 0.2) is 15.6 Å². The molecule has 0 fully saturated rings. The lowest BCUT2D eigenvalue weighted by atomic mass is 10.2. The van der Waals surface area contributed by atoms with Crippen LogP contribution >= 0.6 is 0 Å². The molecule has 0 aliphatic rings. The lowest BCUT2D eigenvalue weighted by Crippen LogP contribution is -2.15. The maximum atomic E-state index is 12.7. The second kappa shape index (κ2) is 8.18. The average molecular weight is 401 g/mol. The van der Waals surface area contributed by atoms with Crippen molar-refractivity contribution in [1.29, 1.82) is 0 Å². The van der Waals surface area contributed by atoms with Gasteiger partial charge in [-0.3, -0.25) is 4.79 Å². The van der Waals surface area contributed by atoms with Gasteiger partial charge >= 0.3 is 0 Å². The van der Waals surface area contributed by atoms with Crippen LogP contribution in [0.25, 0.3) is 0 Å². The smallest absolute Gasteiger partial charge is 0.291 e. The molecule has 1 amide bonds. The number of nitrogens with one attached hydrogen (secondary N) is 1. The normalized spacial score (nSPS) is 11.1. The number of rotatable bonds is 7. The number of benzene rings is 2. The Bertz CT molecular complexity index is 1070. The molecule has 0 saturated carbocycles. The summed E-state index contributed by atoms with van der Waals surface area (Å²) in [5.41, 5.74) is 0.676. The minimum Gasteiger partial charge on any atom is -0.497 e. The molecule has 7 nitrogen and oxygen atoms in total. The minimum atomic E-state index is -3.62. The van der Waals surface area contributed by atoms with E-state index in [4.69, 9.17) is 13.9 Å². The molecule has 146 valence electrons. The van der Waals surface area contributed by atoms with Gasteiger partial charge in [-0.05, 0) is 30.3 Å². The number of hydrogen-bond acceptors (Lipinski definition) is 6. The van der Waals surface area contributed by atoms with E-state index in [2.05, 4.69) is 5.32 Å². The number of carbonyl (C=O) groups excluding carboxylic acids is 1. The zero-order valence-electron chi connectivity index (χ0n) is 15.3. The van der Waals surface area contributed by atoms with Gasteiger partial charge in [-0.1, -0.05) is 18.2 Å². The number of carbonyl (C=O) groups is 1. The number of sulfone groups is 1. The van der Waals surface area contributed by atoms with Gasteiger partial charge < -0.3 is 19.2 Å². The first-order chi connectivity index (χ1) is 13.4. The Morgan fingerprint density at radius 1 is 1.04 bits per heavy atom. The molecular formula is C20H19NO6S. The Morgan fingerprint density at radius 3 is 2.46 bits per heavy atom. The molecule has 0 aliphatic heterocycles. The molecule has 0 atom stereocenters. The fraction of sp³-hybridized carbons (Fsp3) is 0.150. The van der Waals surface area contributed by atoms with Crippen LogP contribution in [0.4, 0.5) is 5.69 Å². The molecule has 2 aromatic carbocycles. The van der Waals surface area contributed by atoms with E-state index in [0.717, 1.165) is 0 Å². The lowest BCUT2D eigenvalue weighted by molar-refractivity contribution is 0.0995. The topological polar surface area (TPSA) is 94.8 Å². The number of furan rings is 1. The summed E-state index contributed by atoms with van der Waals surface area (Å²) in [6, 6.07) is 14.4. The highest BCUT2D eigenvalue weighted by Gasteiger charge is 2.23. The summed E-state index contributed by atoms with van der Waals surface area (Å²) < 4.78 is 40.8. The van der Waals surface area contributed by atoms with E-state index in [1.165, 1.54) is 38.7 Å². The lowest BCUT2D eigenvalue weighted by Gasteiger charge is -2.11. The van der Waals surface area contributed by atoms with Crippen molar-refractivity contribution < 1.29 is 27.1 Å². The van der Waals surface area contributed by atoms with Crippen molar-refractivity contribution in [1.82, 2.24) is 0 Å². The van der Waals surface area contributed by atoms with E-state index in [0.29, 0.717) is 17.2 Å². The summed E-state index contributed by atoms with van der Waals surface area (Å²) in [6.45, 7) is 0. The third-order valence-corrected chi connectivity index (χ3v) is 5.74. The first-order valence-corrected chi connectivity index (χ1v) is 9.97. The molecule has 0 bridgehead atoms. The molecule has 3 aromatic rings. The van der Waals surface area contributed by atoms with E-state index in [9.17, 15) is 13.2 Å². The largest absolute Gasteiger partial charge is 0.497 e. The standard InChI is InChI=1S/C20H19NO6S/c1-25-15-8-9-17(18(12-15)26-2)21-20(22)19-14(10-11-27-19)13-28(23,24)16-6-4-3-5-7-16/h3-12H,13H2,1-2H3,(H,21,22). The van der Waals surface area contributed by atoms with Crippen LogP contribution in [0.5, 0.6) is 11.5 Å². The monoisotopic (exact) mass is 401 g/mol. The Kier molecular flexibility index (Phi) is 5.70. The van der Waals surface area contributed by atoms with Crippen molar-refractivity contribution in [2.75, 3.05) is 19.5 Å². The first kappa shape index (κ1) is 19.5. The number of methoxy groups -OCH3 is 2. The SMILES string of the molecule is COc1ccc(NC(=O)c2occc2CS(=O)(=O)c2ccccc2)c(OC)c1. The second-order valence-electron chi connectivity index (χ2n) is 5.87. The molecule has 8 heteroatoms. The first-order valence-electron chi connectivity index (χ1n) is 8.32. The van der Waals surface area contributed by atoms with Crippen LogP contribution in [0, 0.1) is 0 Å². The summed E-state index contributed by atoms with van der Waals surface area (Å²) in [7, 11) is -0.625. The van der Waals surface area contributed by atoms with E-state index in [1.807, 2.05) is 0 Å². The van der Waals surface area contributed by atoms with Gasteiger partial charge in [0.05, 0.1) is 36.8 Å². The third-order valence-electron chi connectivity index (χ3n) is 4.06. The van der Waals surface area contributed by atoms with Gasteiger partial charge in [0.1, 0.15) is 11.5 Å². The van der Waals surface area contributed by atoms with Crippen molar-refractivity contribution >= 4 is 21.4 Å². The van der Waals surface area contributed by atoms with E-state index >= 15 is 0 Å². The summed E-state index contributed by atoms with van der Waals surface area (Å²) in [5.74, 6) is -0.0277. The van der Waals surface area contributed by atoms with Crippen molar-refractivity contribution in [3.63, 3.8) is 0 Å². The molecule has 0 unspecified atom stereocenters. The van der Waals surface area contributed by atoms with Gasteiger partial charge in [0.25, 0.3) is 5.91 Å². The average Bonchev–Trinajstić information content (AvgIpc) is 3.16. The number of anilines is 1. The molecule has 0 radical (unpaired) electrons. The molecule has 0 saturated heterocycles. The quantitative estimate of drug-likeness (QED) is 0.651. The van der Waals surface area contributed by atoms with Crippen LogP contribution in [0.1, 0.15) is 16.1 Å². The highest BCUT2D eigenvalue weighted by atomic mass is 32.2. The summed E-state index contributed by atoms with van der Waals surface area (Å²) in [6.07, 6.45) is 1.29. The minimum absolute atomic E-state index is 0.0719. The van der Waals surface area contributed by atoms with E-state index < -0.39 is 15.7 Å². The third kappa shape index (κ3) is 4.17. The van der Waals surface area contributed by atoms with Gasteiger partial charge in [-0.25, -0.2) is 8.42 Å². The Hall–Kier alpha value is -3.26. The van der Waals surface area contributed by atoms with Crippen molar-refractivity contribution in [3.05, 3.63) is 72.2 Å². The van der Waals surface area contributed by atoms with Crippen LogP contribution in [-0.4, -0.2) is 28.5 Å². The molecule has 1 aromatic heterocycles. The second-order valence-corrected chi connectivity index (χ2v) is 7.86. The zero-order valence-corrected chi connectivity index (χ0v) is 16.2. The van der Waals surface area contributed by atoms with Gasteiger partial charge in [-0.2, -0.15) is 0 Å². The molecule has 28 heavy (non-hydrogen) atoms. The maximum Gasteiger partial charge on any atom is 0.291 e. The molecule has 0 spiro atoms. The van der Waals surface area contributed by atoms with Gasteiger partial charge in [0.2, 0.25) is 0 Å². The van der Waals surface area contributed by atoms with Gasteiger partial charge in [0, 0.05) is 11.6 Å². The highest BCUT2D eigenvalue weighted by Crippen LogP contribution is 2.30. The summed E-state index contributed by atoms with van der Waals surface area (Å²) in [4.78, 5) is 12.8. The number of ether oxygens (including phenoxy) is 2. The molecule has 3 rings (SSSR count). The van der Waals surface area contributed by atoms with E-state index in [-0.39, 0.29) is 22.0 Å². The molecule has 0 aliphatic carbocycles. The number of hydrogen-bond donors (Lipinski definition) is 1. The molecule has 1 heterocycles. The molecule has 1 N–H and O–H groups in total. The van der Waals surface area contributed by atoms with Gasteiger partial charge in [-0.15, -0.1) is 0 Å². The maximum absolute atomic E-state index is 12.7. The highest BCUT2D eigenvalue weighted by molar-refractivity contribution is 7.90. The Morgan fingerprint density at radius 2 is 1.79 bits per heavy atom. The number of amides is 1. The summed E-state index contributed by atoms with van der Waals surface area (Å²) in [5, 5.41) is 2.67.